The molecule has 0 saturated carbocycles. The molecule has 2 aromatic heterocycles. The molecule has 2 N–H and O–H groups in total. The van der Waals surface area contributed by atoms with E-state index in [0.717, 1.165) is 30.6 Å². The second kappa shape index (κ2) is 8.99. The highest BCUT2D eigenvalue weighted by Crippen LogP contribution is 2.30. The standard InChI is InChI=1S/C22H26N2O6/c1-2-3-4-9-28-16-7-5-14(6-8-16)18-10-15-12-24(22(27)23-21(15)30-18)20-11-17(26)19(13-25)29-20/h5-8,10,12,17,19-20,25-26H,2-4,9,11,13H2,1H3/t17-,19+,20+/m0/s1. The van der Waals surface area contributed by atoms with Crippen molar-refractivity contribution in [3.05, 3.63) is 47.0 Å². The highest BCUT2D eigenvalue weighted by molar-refractivity contribution is 5.79. The number of nitrogens with zero attached hydrogens (tertiary/aromatic N) is 2. The molecular weight excluding hydrogens is 388 g/mol. The van der Waals surface area contributed by atoms with E-state index in [-0.39, 0.29) is 18.7 Å². The van der Waals surface area contributed by atoms with Crippen molar-refractivity contribution >= 4 is 11.1 Å². The Bertz CT molecular complexity index is 1040. The van der Waals surface area contributed by atoms with Crippen molar-refractivity contribution in [3.8, 4) is 17.1 Å². The summed E-state index contributed by atoms with van der Waals surface area (Å²) >= 11 is 0. The Labute approximate surface area is 173 Å². The van der Waals surface area contributed by atoms with E-state index in [4.69, 9.17) is 13.9 Å². The third kappa shape index (κ3) is 4.26. The lowest BCUT2D eigenvalue weighted by molar-refractivity contribution is -0.0457. The van der Waals surface area contributed by atoms with Crippen molar-refractivity contribution in [3.63, 3.8) is 0 Å². The topological polar surface area (TPSA) is 107 Å². The molecule has 8 heteroatoms. The second-order valence-electron chi connectivity index (χ2n) is 7.50. The summed E-state index contributed by atoms with van der Waals surface area (Å²) in [6.45, 7) is 2.55. The smallest absolute Gasteiger partial charge is 0.353 e. The van der Waals surface area contributed by atoms with E-state index < -0.39 is 24.1 Å². The van der Waals surface area contributed by atoms with Crippen LogP contribution in [0.4, 0.5) is 0 Å². The molecule has 3 atom stereocenters. The Hall–Kier alpha value is -2.68. The molecule has 1 saturated heterocycles. The SMILES string of the molecule is CCCCCOc1ccc(-c2cc3cn([C@H]4C[C@H](O)[C@@H](CO)O4)c(=O)nc3o2)cc1. The molecule has 3 heterocycles. The summed E-state index contributed by atoms with van der Waals surface area (Å²) in [5, 5.41) is 19.8. The summed E-state index contributed by atoms with van der Waals surface area (Å²) in [6.07, 6.45) is 2.95. The first-order valence-electron chi connectivity index (χ1n) is 10.3. The van der Waals surface area contributed by atoms with Gasteiger partial charge in [0, 0.05) is 18.2 Å². The number of aliphatic hydroxyl groups excluding tert-OH is 2. The molecule has 3 aromatic rings. The molecule has 0 unspecified atom stereocenters. The van der Waals surface area contributed by atoms with Gasteiger partial charge in [-0.15, -0.1) is 0 Å². The lowest BCUT2D eigenvalue weighted by Crippen LogP contribution is -2.27. The van der Waals surface area contributed by atoms with Crippen LogP contribution in [0.2, 0.25) is 0 Å². The van der Waals surface area contributed by atoms with Crippen LogP contribution in [0.1, 0.15) is 38.8 Å². The zero-order chi connectivity index (χ0) is 21.1. The Morgan fingerprint density at radius 3 is 2.77 bits per heavy atom. The number of hydrogen-bond donors (Lipinski definition) is 2. The highest BCUT2D eigenvalue weighted by Gasteiger charge is 2.35. The molecule has 8 nitrogen and oxygen atoms in total. The normalized spacial score (nSPS) is 21.4. The van der Waals surface area contributed by atoms with Gasteiger partial charge in [-0.3, -0.25) is 4.57 Å². The van der Waals surface area contributed by atoms with Crippen LogP contribution >= 0.6 is 0 Å². The van der Waals surface area contributed by atoms with Crippen LogP contribution in [0.3, 0.4) is 0 Å². The summed E-state index contributed by atoms with van der Waals surface area (Å²) in [5.41, 5.74) is 0.555. The molecule has 4 rings (SSSR count). The third-order valence-electron chi connectivity index (χ3n) is 5.29. The van der Waals surface area contributed by atoms with Gasteiger partial charge in [0.25, 0.3) is 0 Å². The van der Waals surface area contributed by atoms with Crippen molar-refractivity contribution in [2.24, 2.45) is 0 Å². The molecule has 0 radical (unpaired) electrons. The van der Waals surface area contributed by atoms with E-state index in [1.807, 2.05) is 30.3 Å². The third-order valence-corrected chi connectivity index (χ3v) is 5.29. The number of fused-ring (bicyclic) bond motifs is 1. The largest absolute Gasteiger partial charge is 0.494 e. The highest BCUT2D eigenvalue weighted by atomic mass is 16.5. The number of rotatable bonds is 8. The first-order chi connectivity index (χ1) is 14.6. The number of furan rings is 1. The molecular formula is C22H26N2O6. The van der Waals surface area contributed by atoms with E-state index in [2.05, 4.69) is 11.9 Å². The van der Waals surface area contributed by atoms with Gasteiger partial charge in [0.1, 0.15) is 23.8 Å². The molecule has 1 fully saturated rings. The summed E-state index contributed by atoms with van der Waals surface area (Å²) in [4.78, 5) is 16.4. The Morgan fingerprint density at radius 1 is 1.27 bits per heavy atom. The van der Waals surface area contributed by atoms with Crippen LogP contribution in [0, 0.1) is 0 Å². The maximum atomic E-state index is 12.4. The van der Waals surface area contributed by atoms with Crippen LogP contribution < -0.4 is 10.4 Å². The fraction of sp³-hybridized carbons (Fsp3) is 0.455. The van der Waals surface area contributed by atoms with E-state index in [9.17, 15) is 15.0 Å². The lowest BCUT2D eigenvalue weighted by atomic mass is 10.1. The maximum absolute atomic E-state index is 12.4. The number of aromatic nitrogens is 2. The minimum absolute atomic E-state index is 0.211. The Balaban J connectivity index is 1.53. The first-order valence-corrected chi connectivity index (χ1v) is 10.3. The zero-order valence-corrected chi connectivity index (χ0v) is 16.9. The summed E-state index contributed by atoms with van der Waals surface area (Å²) in [7, 11) is 0. The van der Waals surface area contributed by atoms with Crippen molar-refractivity contribution in [2.75, 3.05) is 13.2 Å². The van der Waals surface area contributed by atoms with Crippen LogP contribution in [0.5, 0.6) is 5.75 Å². The van der Waals surface area contributed by atoms with Gasteiger partial charge in [0.2, 0.25) is 5.71 Å². The summed E-state index contributed by atoms with van der Waals surface area (Å²) in [6, 6.07) is 9.40. The number of aliphatic hydroxyl groups is 2. The van der Waals surface area contributed by atoms with Crippen molar-refractivity contribution in [1.29, 1.82) is 0 Å². The van der Waals surface area contributed by atoms with Crippen LogP contribution in [0.15, 0.2) is 45.7 Å². The van der Waals surface area contributed by atoms with Crippen molar-refractivity contribution in [1.82, 2.24) is 9.55 Å². The summed E-state index contributed by atoms with van der Waals surface area (Å²) in [5.74, 6) is 1.40. The minimum atomic E-state index is -0.829. The minimum Gasteiger partial charge on any atom is -0.494 e. The maximum Gasteiger partial charge on any atom is 0.353 e. The molecule has 1 aliphatic heterocycles. The van der Waals surface area contributed by atoms with Gasteiger partial charge in [-0.2, -0.15) is 4.98 Å². The van der Waals surface area contributed by atoms with Gasteiger partial charge in [0.15, 0.2) is 0 Å². The molecule has 1 aliphatic rings. The molecule has 0 amide bonds. The van der Waals surface area contributed by atoms with Gasteiger partial charge in [-0.25, -0.2) is 4.79 Å². The van der Waals surface area contributed by atoms with E-state index in [0.29, 0.717) is 17.8 Å². The first kappa shape index (κ1) is 20.6. The monoisotopic (exact) mass is 414 g/mol. The number of benzene rings is 1. The fourth-order valence-electron chi connectivity index (χ4n) is 3.58. The molecule has 0 aliphatic carbocycles. The van der Waals surface area contributed by atoms with Gasteiger partial charge >= 0.3 is 5.69 Å². The van der Waals surface area contributed by atoms with Crippen LogP contribution in [-0.4, -0.2) is 45.2 Å². The average molecular weight is 414 g/mol. The van der Waals surface area contributed by atoms with Gasteiger partial charge < -0.3 is 24.1 Å². The number of ether oxygens (including phenoxy) is 2. The van der Waals surface area contributed by atoms with E-state index >= 15 is 0 Å². The quantitative estimate of drug-likeness (QED) is 0.546. The summed E-state index contributed by atoms with van der Waals surface area (Å²) < 4.78 is 18.4. The van der Waals surface area contributed by atoms with Crippen molar-refractivity contribution in [2.45, 2.75) is 51.0 Å². The predicted molar refractivity (Wildman–Crippen MR) is 110 cm³/mol. The number of hydrogen-bond acceptors (Lipinski definition) is 7. The molecule has 0 bridgehead atoms. The molecule has 1 aromatic carbocycles. The van der Waals surface area contributed by atoms with E-state index in [1.54, 1.807) is 6.20 Å². The average Bonchev–Trinajstić information content (AvgIpc) is 3.33. The Morgan fingerprint density at radius 2 is 2.07 bits per heavy atom. The second-order valence-corrected chi connectivity index (χ2v) is 7.50. The van der Waals surface area contributed by atoms with Gasteiger partial charge in [0.05, 0.1) is 24.7 Å². The zero-order valence-electron chi connectivity index (χ0n) is 16.9. The van der Waals surface area contributed by atoms with Crippen molar-refractivity contribution < 1.29 is 24.1 Å². The fourth-order valence-corrected chi connectivity index (χ4v) is 3.58. The van der Waals surface area contributed by atoms with Gasteiger partial charge in [-0.1, -0.05) is 19.8 Å². The van der Waals surface area contributed by atoms with Crippen LogP contribution in [0.25, 0.3) is 22.4 Å². The Kier molecular flexibility index (Phi) is 6.17. The van der Waals surface area contributed by atoms with E-state index in [1.165, 1.54) is 4.57 Å². The predicted octanol–water partition coefficient (Wildman–Crippen LogP) is 2.87. The molecule has 30 heavy (non-hydrogen) atoms. The van der Waals surface area contributed by atoms with Crippen LogP contribution in [-0.2, 0) is 4.74 Å². The lowest BCUT2D eigenvalue weighted by Gasteiger charge is -2.13. The molecule has 0 spiro atoms. The molecule has 160 valence electrons. The number of unbranched alkanes of at least 4 members (excludes halogenated alkanes) is 2. The van der Waals surface area contributed by atoms with Gasteiger partial charge in [-0.05, 0) is 36.8 Å².